The van der Waals surface area contributed by atoms with E-state index >= 15 is 0 Å². The molecule has 0 unspecified atom stereocenters. The van der Waals surface area contributed by atoms with Gasteiger partial charge in [-0.2, -0.15) is 0 Å². The van der Waals surface area contributed by atoms with Gasteiger partial charge in [0.1, 0.15) is 6.10 Å². The standard InChI is InChI=1S/C9H12BNO3/c1-6-2-5-8(10(12)13)9(11-6)14-7-3-4-7/h2,5,7,12-13H,3-4H2,1H3. The van der Waals surface area contributed by atoms with Crippen LogP contribution < -0.4 is 10.2 Å². The normalized spacial score (nSPS) is 15.4. The van der Waals surface area contributed by atoms with E-state index in [1.807, 2.05) is 6.92 Å². The fraction of sp³-hybridized carbons (Fsp3) is 0.444. The molecule has 0 aliphatic heterocycles. The number of pyridine rings is 1. The number of hydrogen-bond acceptors (Lipinski definition) is 4. The zero-order valence-electron chi connectivity index (χ0n) is 7.97. The molecule has 1 saturated carbocycles. The van der Waals surface area contributed by atoms with Crippen LogP contribution in [0.5, 0.6) is 5.88 Å². The van der Waals surface area contributed by atoms with Gasteiger partial charge in [-0.3, -0.25) is 0 Å². The minimum Gasteiger partial charge on any atom is -0.475 e. The van der Waals surface area contributed by atoms with Crippen molar-refractivity contribution in [2.24, 2.45) is 0 Å². The summed E-state index contributed by atoms with van der Waals surface area (Å²) in [5.41, 5.74) is 1.15. The molecular formula is C9H12BNO3. The van der Waals surface area contributed by atoms with Gasteiger partial charge < -0.3 is 14.8 Å². The van der Waals surface area contributed by atoms with E-state index in [-0.39, 0.29) is 6.10 Å². The fourth-order valence-corrected chi connectivity index (χ4v) is 1.18. The number of aromatic nitrogens is 1. The van der Waals surface area contributed by atoms with E-state index < -0.39 is 7.12 Å². The number of aryl methyl sites for hydroxylation is 1. The zero-order valence-corrected chi connectivity index (χ0v) is 7.97. The number of rotatable bonds is 3. The molecule has 5 heteroatoms. The molecule has 0 atom stereocenters. The molecule has 1 aliphatic carbocycles. The summed E-state index contributed by atoms with van der Waals surface area (Å²) in [6.45, 7) is 1.84. The largest absolute Gasteiger partial charge is 0.494 e. The van der Waals surface area contributed by atoms with Crippen LogP contribution in [-0.2, 0) is 0 Å². The van der Waals surface area contributed by atoms with Gasteiger partial charge in [-0.1, -0.05) is 6.07 Å². The SMILES string of the molecule is Cc1ccc(B(O)O)c(OC2CC2)n1. The van der Waals surface area contributed by atoms with Crippen LogP contribution in [0, 0.1) is 6.92 Å². The van der Waals surface area contributed by atoms with Gasteiger partial charge >= 0.3 is 7.12 Å². The smallest absolute Gasteiger partial charge is 0.475 e. The van der Waals surface area contributed by atoms with Crippen LogP contribution >= 0.6 is 0 Å². The highest BCUT2D eigenvalue weighted by molar-refractivity contribution is 6.59. The van der Waals surface area contributed by atoms with Gasteiger partial charge in [-0.25, -0.2) is 4.98 Å². The summed E-state index contributed by atoms with van der Waals surface area (Å²) in [4.78, 5) is 4.13. The molecule has 2 rings (SSSR count). The molecule has 1 fully saturated rings. The molecule has 0 aromatic carbocycles. The Balaban J connectivity index is 2.27. The third kappa shape index (κ3) is 2.05. The van der Waals surface area contributed by atoms with E-state index in [1.165, 1.54) is 0 Å². The summed E-state index contributed by atoms with van der Waals surface area (Å²) in [5.74, 6) is 0.350. The van der Waals surface area contributed by atoms with Crippen molar-refractivity contribution in [3.8, 4) is 5.88 Å². The van der Waals surface area contributed by atoms with Gasteiger partial charge in [0.2, 0.25) is 5.88 Å². The molecule has 4 nitrogen and oxygen atoms in total. The summed E-state index contributed by atoms with van der Waals surface area (Å²) in [7, 11) is -1.52. The van der Waals surface area contributed by atoms with Crippen LogP contribution in [0.25, 0.3) is 0 Å². The second-order valence-corrected chi connectivity index (χ2v) is 3.54. The van der Waals surface area contributed by atoms with E-state index in [9.17, 15) is 0 Å². The van der Waals surface area contributed by atoms with Crippen molar-refractivity contribution in [2.75, 3.05) is 0 Å². The van der Waals surface area contributed by atoms with Gasteiger partial charge in [-0.15, -0.1) is 0 Å². The van der Waals surface area contributed by atoms with Crippen LogP contribution in [0.4, 0.5) is 0 Å². The molecule has 14 heavy (non-hydrogen) atoms. The van der Waals surface area contributed by atoms with Crippen LogP contribution in [0.15, 0.2) is 12.1 Å². The second kappa shape index (κ2) is 3.59. The van der Waals surface area contributed by atoms with Gasteiger partial charge in [0.25, 0.3) is 0 Å². The lowest BCUT2D eigenvalue weighted by Gasteiger charge is -2.09. The topological polar surface area (TPSA) is 62.6 Å². The van der Waals surface area contributed by atoms with Gasteiger partial charge in [0, 0.05) is 11.2 Å². The average molecular weight is 193 g/mol. The predicted molar refractivity (Wildman–Crippen MR) is 52.4 cm³/mol. The van der Waals surface area contributed by atoms with Crippen LogP contribution in [0.3, 0.4) is 0 Å². The van der Waals surface area contributed by atoms with Crippen molar-refractivity contribution in [1.82, 2.24) is 4.98 Å². The highest BCUT2D eigenvalue weighted by Crippen LogP contribution is 2.24. The number of hydrogen-bond donors (Lipinski definition) is 2. The fourth-order valence-electron chi connectivity index (χ4n) is 1.18. The highest BCUT2D eigenvalue weighted by atomic mass is 16.5. The molecule has 1 heterocycles. The van der Waals surface area contributed by atoms with Crippen molar-refractivity contribution in [3.05, 3.63) is 17.8 Å². The monoisotopic (exact) mass is 193 g/mol. The van der Waals surface area contributed by atoms with Crippen LogP contribution in [0.2, 0.25) is 0 Å². The van der Waals surface area contributed by atoms with Crippen LogP contribution in [0.1, 0.15) is 18.5 Å². The lowest BCUT2D eigenvalue weighted by Crippen LogP contribution is -2.32. The first-order valence-electron chi connectivity index (χ1n) is 4.67. The third-order valence-electron chi connectivity index (χ3n) is 2.11. The zero-order chi connectivity index (χ0) is 10.1. The molecule has 2 N–H and O–H groups in total. The lowest BCUT2D eigenvalue weighted by molar-refractivity contribution is 0.291. The van der Waals surface area contributed by atoms with Gasteiger partial charge in [-0.05, 0) is 25.8 Å². The number of ether oxygens (including phenoxy) is 1. The Kier molecular flexibility index (Phi) is 2.43. The van der Waals surface area contributed by atoms with Crippen molar-refractivity contribution in [1.29, 1.82) is 0 Å². The summed E-state index contributed by atoms with van der Waals surface area (Å²) < 4.78 is 5.47. The van der Waals surface area contributed by atoms with Crippen molar-refractivity contribution in [3.63, 3.8) is 0 Å². The molecule has 0 amide bonds. The Bertz CT molecular complexity index is 339. The van der Waals surface area contributed by atoms with Gasteiger partial charge in [0.15, 0.2) is 0 Å². The maximum Gasteiger partial charge on any atom is 0.494 e. The predicted octanol–water partition coefficient (Wildman–Crippen LogP) is -0.389. The lowest BCUT2D eigenvalue weighted by atomic mass is 9.81. The molecule has 1 aromatic rings. The van der Waals surface area contributed by atoms with Crippen LogP contribution in [-0.4, -0.2) is 28.3 Å². The maximum atomic E-state index is 9.06. The Morgan fingerprint density at radius 3 is 2.71 bits per heavy atom. The van der Waals surface area contributed by atoms with Crippen molar-refractivity contribution >= 4 is 12.6 Å². The second-order valence-electron chi connectivity index (χ2n) is 3.54. The van der Waals surface area contributed by atoms with Gasteiger partial charge in [0.05, 0.1) is 0 Å². The molecule has 0 saturated heterocycles. The highest BCUT2D eigenvalue weighted by Gasteiger charge is 2.27. The summed E-state index contributed by atoms with van der Waals surface area (Å²) in [6.07, 6.45) is 2.26. The molecule has 74 valence electrons. The van der Waals surface area contributed by atoms with E-state index in [0.29, 0.717) is 11.3 Å². The van der Waals surface area contributed by atoms with E-state index in [1.54, 1.807) is 12.1 Å². The Hall–Kier alpha value is -1.07. The molecule has 0 bridgehead atoms. The quantitative estimate of drug-likeness (QED) is 0.641. The molecule has 0 radical (unpaired) electrons. The van der Waals surface area contributed by atoms with Crippen molar-refractivity contribution in [2.45, 2.75) is 25.9 Å². The molecule has 0 spiro atoms. The Morgan fingerprint density at radius 2 is 2.14 bits per heavy atom. The summed E-state index contributed by atoms with van der Waals surface area (Å²) in [5, 5.41) is 18.1. The maximum absolute atomic E-state index is 9.06. The minimum atomic E-state index is -1.52. The Labute approximate surface area is 82.7 Å². The first-order chi connectivity index (χ1) is 6.66. The number of nitrogens with zero attached hydrogens (tertiary/aromatic N) is 1. The summed E-state index contributed by atoms with van der Waals surface area (Å²) >= 11 is 0. The molecule has 1 aromatic heterocycles. The molecular weight excluding hydrogens is 181 g/mol. The van der Waals surface area contributed by atoms with Crippen molar-refractivity contribution < 1.29 is 14.8 Å². The minimum absolute atomic E-state index is 0.210. The van der Waals surface area contributed by atoms with E-state index in [2.05, 4.69) is 4.98 Å². The molecule has 1 aliphatic rings. The first kappa shape index (κ1) is 9.49. The Morgan fingerprint density at radius 1 is 1.43 bits per heavy atom. The summed E-state index contributed by atoms with van der Waals surface area (Å²) in [6, 6.07) is 3.36. The third-order valence-corrected chi connectivity index (χ3v) is 2.11. The first-order valence-corrected chi connectivity index (χ1v) is 4.67. The average Bonchev–Trinajstić information content (AvgIpc) is 2.87. The van der Waals surface area contributed by atoms with E-state index in [0.717, 1.165) is 18.5 Å². The van der Waals surface area contributed by atoms with E-state index in [4.69, 9.17) is 14.8 Å².